The van der Waals surface area contributed by atoms with Crippen LogP contribution in [0.15, 0.2) is 24.7 Å². The van der Waals surface area contributed by atoms with E-state index in [4.69, 9.17) is 19.7 Å². The Morgan fingerprint density at radius 2 is 1.88 bits per heavy atom. The summed E-state index contributed by atoms with van der Waals surface area (Å²) >= 11 is 0. The Bertz CT molecular complexity index is 645. The third kappa shape index (κ3) is 6.12. The Balaban J connectivity index is 1.98. The summed E-state index contributed by atoms with van der Waals surface area (Å²) in [7, 11) is 0. The summed E-state index contributed by atoms with van der Waals surface area (Å²) < 4.78 is 11.7. The molecule has 0 saturated heterocycles. The lowest BCUT2D eigenvalue weighted by Crippen LogP contribution is -2.31. The molecule has 2 aromatic rings. The summed E-state index contributed by atoms with van der Waals surface area (Å²) in [6.07, 6.45) is 4.09. The van der Waals surface area contributed by atoms with Gasteiger partial charge in [-0.2, -0.15) is 0 Å². The summed E-state index contributed by atoms with van der Waals surface area (Å²) in [6.45, 7) is 6.51. The molecule has 0 bridgehead atoms. The van der Waals surface area contributed by atoms with Gasteiger partial charge in [-0.15, -0.1) is 0 Å². The standard InChI is InChI=1S/C18H27N3O4/c1-14(2)25-18-11-15(10-17-16(18)12-19-13-20-17)24-9-3-4-21(5-7-22)6-8-23/h10-14,22-23H,3-9H2,1-2H3. The number of rotatable bonds is 11. The van der Waals surface area contributed by atoms with E-state index < -0.39 is 0 Å². The molecule has 1 aromatic heterocycles. The average molecular weight is 349 g/mol. The lowest BCUT2D eigenvalue weighted by molar-refractivity contribution is 0.152. The molecule has 7 nitrogen and oxygen atoms in total. The minimum Gasteiger partial charge on any atom is -0.493 e. The fourth-order valence-electron chi connectivity index (χ4n) is 2.56. The second-order valence-electron chi connectivity index (χ2n) is 6.03. The summed E-state index contributed by atoms with van der Waals surface area (Å²) in [5.74, 6) is 1.42. The van der Waals surface area contributed by atoms with Crippen molar-refractivity contribution in [1.29, 1.82) is 0 Å². The topological polar surface area (TPSA) is 87.9 Å². The maximum atomic E-state index is 9.02. The molecule has 1 heterocycles. The summed E-state index contributed by atoms with van der Waals surface area (Å²) in [5, 5.41) is 18.9. The highest BCUT2D eigenvalue weighted by molar-refractivity contribution is 5.85. The highest BCUT2D eigenvalue weighted by Gasteiger charge is 2.10. The minimum atomic E-state index is 0.0455. The van der Waals surface area contributed by atoms with E-state index in [9.17, 15) is 0 Å². The van der Waals surface area contributed by atoms with Crippen molar-refractivity contribution in [3.63, 3.8) is 0 Å². The van der Waals surface area contributed by atoms with E-state index in [2.05, 4.69) is 9.97 Å². The zero-order valence-corrected chi connectivity index (χ0v) is 14.9. The molecule has 0 unspecified atom stereocenters. The molecule has 0 atom stereocenters. The van der Waals surface area contributed by atoms with Crippen molar-refractivity contribution in [2.45, 2.75) is 26.4 Å². The molecule has 1 aromatic carbocycles. The van der Waals surface area contributed by atoms with Crippen LogP contribution in [0.1, 0.15) is 20.3 Å². The van der Waals surface area contributed by atoms with Gasteiger partial charge in [-0.3, -0.25) is 4.90 Å². The van der Waals surface area contributed by atoms with E-state index in [0.717, 1.165) is 23.9 Å². The largest absolute Gasteiger partial charge is 0.493 e. The minimum absolute atomic E-state index is 0.0455. The van der Waals surface area contributed by atoms with Crippen molar-refractivity contribution in [2.75, 3.05) is 39.5 Å². The third-order valence-electron chi connectivity index (χ3n) is 3.64. The Kier molecular flexibility index (Phi) is 7.84. The molecule has 0 radical (unpaired) electrons. The first-order valence-electron chi connectivity index (χ1n) is 8.61. The van der Waals surface area contributed by atoms with Crippen LogP contribution in [-0.2, 0) is 0 Å². The summed E-state index contributed by atoms with van der Waals surface area (Å²) in [4.78, 5) is 10.3. The fourth-order valence-corrected chi connectivity index (χ4v) is 2.56. The Morgan fingerprint density at radius 3 is 2.56 bits per heavy atom. The van der Waals surface area contributed by atoms with E-state index in [1.807, 2.05) is 30.9 Å². The Labute approximate surface area is 148 Å². The highest BCUT2D eigenvalue weighted by atomic mass is 16.5. The average Bonchev–Trinajstić information content (AvgIpc) is 2.58. The molecule has 2 N–H and O–H groups in total. The number of benzene rings is 1. The van der Waals surface area contributed by atoms with Crippen LogP contribution in [0.3, 0.4) is 0 Å². The van der Waals surface area contributed by atoms with Gasteiger partial charge in [-0.1, -0.05) is 0 Å². The number of aromatic nitrogens is 2. The van der Waals surface area contributed by atoms with Crippen LogP contribution in [0.2, 0.25) is 0 Å². The van der Waals surface area contributed by atoms with Crippen LogP contribution in [0, 0.1) is 0 Å². The molecule has 0 aliphatic carbocycles. The molecule has 7 heteroatoms. The number of aliphatic hydroxyl groups is 2. The first kappa shape index (κ1) is 19.4. The molecular formula is C18H27N3O4. The van der Waals surface area contributed by atoms with Crippen LogP contribution < -0.4 is 9.47 Å². The second kappa shape index (κ2) is 10.1. The maximum Gasteiger partial charge on any atom is 0.134 e. The van der Waals surface area contributed by atoms with Gasteiger partial charge < -0.3 is 19.7 Å². The van der Waals surface area contributed by atoms with E-state index in [1.54, 1.807) is 6.20 Å². The van der Waals surface area contributed by atoms with Crippen LogP contribution in [-0.4, -0.2) is 70.6 Å². The normalized spacial score (nSPS) is 11.4. The quantitative estimate of drug-likeness (QED) is 0.594. The molecule has 138 valence electrons. The van der Waals surface area contributed by atoms with Gasteiger partial charge in [0, 0.05) is 38.0 Å². The third-order valence-corrected chi connectivity index (χ3v) is 3.64. The van der Waals surface area contributed by atoms with E-state index in [0.29, 0.717) is 31.2 Å². The number of nitrogens with zero attached hydrogens (tertiary/aromatic N) is 3. The molecule has 25 heavy (non-hydrogen) atoms. The highest BCUT2D eigenvalue weighted by Crippen LogP contribution is 2.30. The SMILES string of the molecule is CC(C)Oc1cc(OCCCN(CCO)CCO)cc2ncncc12. The molecular weight excluding hydrogens is 322 g/mol. The predicted octanol–water partition coefficient (Wildman–Crippen LogP) is 1.47. The molecule has 2 rings (SSSR count). The predicted molar refractivity (Wildman–Crippen MR) is 96.0 cm³/mol. The van der Waals surface area contributed by atoms with Crippen molar-refractivity contribution < 1.29 is 19.7 Å². The smallest absolute Gasteiger partial charge is 0.134 e. The zero-order chi connectivity index (χ0) is 18.1. The van der Waals surface area contributed by atoms with Gasteiger partial charge in [0.15, 0.2) is 0 Å². The number of fused-ring (bicyclic) bond motifs is 1. The second-order valence-corrected chi connectivity index (χ2v) is 6.03. The summed E-state index contributed by atoms with van der Waals surface area (Å²) in [5.41, 5.74) is 0.783. The lowest BCUT2D eigenvalue weighted by atomic mass is 10.2. The van der Waals surface area contributed by atoms with Crippen LogP contribution in [0.25, 0.3) is 10.9 Å². The summed E-state index contributed by atoms with van der Waals surface area (Å²) in [6, 6.07) is 3.74. The van der Waals surface area contributed by atoms with Gasteiger partial charge in [-0.05, 0) is 20.3 Å². The van der Waals surface area contributed by atoms with E-state index in [1.165, 1.54) is 6.33 Å². The van der Waals surface area contributed by atoms with Crippen LogP contribution >= 0.6 is 0 Å². The van der Waals surface area contributed by atoms with Crippen molar-refractivity contribution in [3.05, 3.63) is 24.7 Å². The van der Waals surface area contributed by atoms with Crippen LogP contribution in [0.4, 0.5) is 0 Å². The number of hydrogen-bond donors (Lipinski definition) is 2. The maximum absolute atomic E-state index is 9.02. The monoisotopic (exact) mass is 349 g/mol. The van der Waals surface area contributed by atoms with Gasteiger partial charge in [0.25, 0.3) is 0 Å². The van der Waals surface area contributed by atoms with Crippen molar-refractivity contribution in [3.8, 4) is 11.5 Å². The van der Waals surface area contributed by atoms with Crippen molar-refractivity contribution in [1.82, 2.24) is 14.9 Å². The number of ether oxygens (including phenoxy) is 2. The van der Waals surface area contributed by atoms with Gasteiger partial charge in [-0.25, -0.2) is 9.97 Å². The first-order valence-corrected chi connectivity index (χ1v) is 8.61. The molecule has 0 aliphatic rings. The fraction of sp³-hybridized carbons (Fsp3) is 0.556. The molecule has 0 saturated carbocycles. The van der Waals surface area contributed by atoms with Crippen molar-refractivity contribution in [2.24, 2.45) is 0 Å². The van der Waals surface area contributed by atoms with Crippen LogP contribution in [0.5, 0.6) is 11.5 Å². The Morgan fingerprint density at radius 1 is 1.12 bits per heavy atom. The van der Waals surface area contributed by atoms with Gasteiger partial charge in [0.05, 0.1) is 36.8 Å². The zero-order valence-electron chi connectivity index (χ0n) is 14.9. The van der Waals surface area contributed by atoms with E-state index >= 15 is 0 Å². The van der Waals surface area contributed by atoms with Gasteiger partial charge in [0.1, 0.15) is 17.8 Å². The molecule has 0 fully saturated rings. The van der Waals surface area contributed by atoms with E-state index in [-0.39, 0.29) is 19.3 Å². The first-order chi connectivity index (χ1) is 12.1. The molecule has 0 spiro atoms. The lowest BCUT2D eigenvalue weighted by Gasteiger charge is -2.20. The Hall–Kier alpha value is -1.96. The molecule has 0 amide bonds. The number of aliphatic hydroxyl groups excluding tert-OH is 2. The number of hydrogen-bond acceptors (Lipinski definition) is 7. The van der Waals surface area contributed by atoms with Crippen molar-refractivity contribution >= 4 is 10.9 Å². The van der Waals surface area contributed by atoms with Gasteiger partial charge >= 0.3 is 0 Å². The van der Waals surface area contributed by atoms with Gasteiger partial charge in [0.2, 0.25) is 0 Å². The molecule has 0 aliphatic heterocycles.